The number of unbranched alkanes of at least 4 members (excludes halogenated alkanes) is 22. The molecule has 0 N–H and O–H groups in total. The molecule has 0 aromatic heterocycles. The fraction of sp³-hybridized carbons (Fsp3) is 1.00. The van der Waals surface area contributed by atoms with Gasteiger partial charge in [0.15, 0.2) is 0 Å². The van der Waals surface area contributed by atoms with Crippen molar-refractivity contribution in [2.75, 3.05) is 5.33 Å². The van der Waals surface area contributed by atoms with E-state index in [1.807, 2.05) is 0 Å². The fourth-order valence-electron chi connectivity index (χ4n) is 4.35. The van der Waals surface area contributed by atoms with Gasteiger partial charge in [-0.05, 0) is 12.5 Å². The number of alkyl halides is 1. The monoisotopic (exact) mass is 522 g/mol. The SMILES string of the molecule is C[Si](C)(Cl)CCCCCCCCCCCCCCCCCCCCCCCCCBr. The minimum absolute atomic E-state index is 1.18. The third kappa shape index (κ3) is 29.0. The highest BCUT2D eigenvalue weighted by molar-refractivity contribution is 9.09. The summed E-state index contributed by atoms with van der Waals surface area (Å²) in [5.41, 5.74) is 0. The van der Waals surface area contributed by atoms with E-state index < -0.39 is 7.38 Å². The average molecular weight is 524 g/mol. The summed E-state index contributed by atoms with van der Waals surface area (Å²) < 4.78 is 0. The van der Waals surface area contributed by atoms with Gasteiger partial charge in [-0.25, -0.2) is 0 Å². The van der Waals surface area contributed by atoms with Crippen molar-refractivity contribution in [2.45, 2.75) is 167 Å². The van der Waals surface area contributed by atoms with Gasteiger partial charge >= 0.3 is 0 Å². The van der Waals surface area contributed by atoms with Crippen molar-refractivity contribution < 1.29 is 0 Å². The Balaban J connectivity index is 3.02. The third-order valence-electron chi connectivity index (χ3n) is 6.40. The predicted molar refractivity (Wildman–Crippen MR) is 148 cm³/mol. The van der Waals surface area contributed by atoms with E-state index in [1.165, 1.54) is 159 Å². The Morgan fingerprint density at radius 2 is 0.600 bits per heavy atom. The Kier molecular flexibility index (Phi) is 25.4. The normalized spacial score (nSPS) is 12.0. The summed E-state index contributed by atoms with van der Waals surface area (Å²) in [5, 5.41) is 1.18. The first-order chi connectivity index (χ1) is 14.6. The zero-order chi connectivity index (χ0) is 22.2. The van der Waals surface area contributed by atoms with Gasteiger partial charge < -0.3 is 0 Å². The number of rotatable bonds is 25. The molecule has 0 nitrogen and oxygen atoms in total. The molecule has 0 atom stereocenters. The van der Waals surface area contributed by atoms with Crippen LogP contribution in [0.15, 0.2) is 0 Å². The molecule has 3 heteroatoms. The van der Waals surface area contributed by atoms with Crippen LogP contribution in [0.25, 0.3) is 0 Å². The highest BCUT2D eigenvalue weighted by Gasteiger charge is 2.15. The topological polar surface area (TPSA) is 0 Å². The molecule has 0 radical (unpaired) electrons. The summed E-state index contributed by atoms with van der Waals surface area (Å²) in [6.45, 7) is 4.54. The lowest BCUT2D eigenvalue weighted by Gasteiger charge is -2.11. The predicted octanol–water partition coefficient (Wildman–Crippen LogP) is 11.8. The van der Waals surface area contributed by atoms with E-state index >= 15 is 0 Å². The van der Waals surface area contributed by atoms with E-state index in [9.17, 15) is 0 Å². The highest BCUT2D eigenvalue weighted by atomic mass is 79.9. The molecule has 0 aliphatic carbocycles. The molecule has 0 aromatic carbocycles. The minimum atomic E-state index is -1.30. The van der Waals surface area contributed by atoms with Gasteiger partial charge in [-0.15, -0.1) is 0 Å². The van der Waals surface area contributed by atoms with Gasteiger partial charge in [-0.3, -0.25) is 0 Å². The van der Waals surface area contributed by atoms with Crippen LogP contribution in [-0.4, -0.2) is 12.7 Å². The molecule has 0 amide bonds. The molecule has 0 spiro atoms. The molecule has 0 bridgehead atoms. The molecule has 0 rings (SSSR count). The van der Waals surface area contributed by atoms with Crippen LogP contribution < -0.4 is 0 Å². The molecular formula is C27H56BrClSi. The molecule has 0 saturated heterocycles. The van der Waals surface area contributed by atoms with E-state index in [-0.39, 0.29) is 0 Å². The van der Waals surface area contributed by atoms with Crippen LogP contribution in [0.5, 0.6) is 0 Å². The van der Waals surface area contributed by atoms with Gasteiger partial charge in [0.05, 0.1) is 0 Å². The first kappa shape index (κ1) is 31.0. The Morgan fingerprint density at radius 3 is 0.800 bits per heavy atom. The molecule has 0 saturated carbocycles. The Hall–Kier alpha value is 0.987. The summed E-state index contributed by atoms with van der Waals surface area (Å²) in [7, 11) is -1.30. The lowest BCUT2D eigenvalue weighted by molar-refractivity contribution is 0.519. The van der Waals surface area contributed by atoms with Crippen LogP contribution in [0.1, 0.15) is 148 Å². The van der Waals surface area contributed by atoms with Crippen LogP contribution >= 0.6 is 27.0 Å². The lowest BCUT2D eigenvalue weighted by Crippen LogP contribution is -2.14. The minimum Gasteiger partial charge on any atom is -0.168 e. The summed E-state index contributed by atoms with van der Waals surface area (Å²) in [6, 6.07) is 1.30. The van der Waals surface area contributed by atoms with Crippen molar-refractivity contribution in [3.63, 3.8) is 0 Å². The van der Waals surface area contributed by atoms with Crippen molar-refractivity contribution in [1.82, 2.24) is 0 Å². The molecule has 0 aromatic rings. The van der Waals surface area contributed by atoms with Crippen LogP contribution in [-0.2, 0) is 0 Å². The molecule has 182 valence electrons. The van der Waals surface area contributed by atoms with Crippen LogP contribution in [0.4, 0.5) is 0 Å². The van der Waals surface area contributed by atoms with Gasteiger partial charge in [-0.2, -0.15) is 11.1 Å². The van der Waals surface area contributed by atoms with Crippen molar-refractivity contribution >= 4 is 34.4 Å². The second kappa shape index (κ2) is 24.6. The summed E-state index contributed by atoms with van der Waals surface area (Å²) in [6.07, 6.45) is 33.5. The van der Waals surface area contributed by atoms with E-state index in [0.717, 1.165) is 0 Å². The van der Waals surface area contributed by atoms with Crippen molar-refractivity contribution in [2.24, 2.45) is 0 Å². The van der Waals surface area contributed by atoms with Gasteiger partial charge in [0.25, 0.3) is 0 Å². The summed E-state index contributed by atoms with van der Waals surface area (Å²) >= 11 is 9.88. The second-order valence-corrected chi connectivity index (χ2v) is 18.1. The van der Waals surface area contributed by atoms with E-state index in [2.05, 4.69) is 29.0 Å². The van der Waals surface area contributed by atoms with Crippen LogP contribution in [0.3, 0.4) is 0 Å². The summed E-state index contributed by atoms with van der Waals surface area (Å²) in [4.78, 5) is 0. The molecule has 0 unspecified atom stereocenters. The van der Waals surface area contributed by atoms with Gasteiger partial charge in [-0.1, -0.05) is 170 Å². The standard InChI is InChI=1S/C27H56BrClSi/c1-30(2,29)27-25-23-21-19-17-15-13-11-9-7-5-3-4-6-8-10-12-14-16-18-20-22-24-26-28/h3-27H2,1-2H3. The van der Waals surface area contributed by atoms with Gasteiger partial charge in [0.2, 0.25) is 0 Å². The molecule has 30 heavy (non-hydrogen) atoms. The smallest absolute Gasteiger partial charge is 0.150 e. The average Bonchev–Trinajstić information content (AvgIpc) is 2.70. The second-order valence-electron chi connectivity index (χ2n) is 10.3. The molecule has 0 aliphatic heterocycles. The third-order valence-corrected chi connectivity index (χ3v) is 9.08. The van der Waals surface area contributed by atoms with Gasteiger partial charge in [0, 0.05) is 5.33 Å². The Morgan fingerprint density at radius 1 is 0.400 bits per heavy atom. The molecular weight excluding hydrogens is 468 g/mol. The maximum absolute atomic E-state index is 6.37. The maximum Gasteiger partial charge on any atom is 0.150 e. The van der Waals surface area contributed by atoms with Crippen LogP contribution in [0, 0.1) is 0 Å². The number of hydrogen-bond acceptors (Lipinski definition) is 0. The summed E-state index contributed by atoms with van der Waals surface area (Å²) in [5.74, 6) is 0. The Bertz CT molecular complexity index is 316. The quantitative estimate of drug-likeness (QED) is 0.0483. The first-order valence-corrected chi connectivity index (χ1v) is 19.2. The van der Waals surface area contributed by atoms with E-state index in [4.69, 9.17) is 11.1 Å². The van der Waals surface area contributed by atoms with Crippen molar-refractivity contribution in [3.05, 3.63) is 0 Å². The van der Waals surface area contributed by atoms with Gasteiger partial charge in [0.1, 0.15) is 7.38 Å². The molecule has 0 fully saturated rings. The van der Waals surface area contributed by atoms with Crippen LogP contribution in [0.2, 0.25) is 19.1 Å². The zero-order valence-corrected chi connectivity index (χ0v) is 24.3. The van der Waals surface area contributed by atoms with E-state index in [0.29, 0.717) is 0 Å². The molecule has 0 heterocycles. The largest absolute Gasteiger partial charge is 0.168 e. The maximum atomic E-state index is 6.37. The molecule has 0 aliphatic rings. The lowest BCUT2D eigenvalue weighted by atomic mass is 10.0. The number of hydrogen-bond donors (Lipinski definition) is 0. The Labute approximate surface area is 205 Å². The number of halogens is 2. The van der Waals surface area contributed by atoms with Crippen molar-refractivity contribution in [3.8, 4) is 0 Å². The first-order valence-electron chi connectivity index (χ1n) is 13.8. The van der Waals surface area contributed by atoms with Crippen molar-refractivity contribution in [1.29, 1.82) is 0 Å². The fourth-order valence-corrected chi connectivity index (χ4v) is 6.24. The van der Waals surface area contributed by atoms with E-state index in [1.54, 1.807) is 0 Å². The highest BCUT2D eigenvalue weighted by Crippen LogP contribution is 2.20. The zero-order valence-electron chi connectivity index (χ0n) is 20.9.